The van der Waals surface area contributed by atoms with E-state index in [9.17, 15) is 9.18 Å². The summed E-state index contributed by atoms with van der Waals surface area (Å²) in [7, 11) is 0. The number of hydrogen-bond donors (Lipinski definition) is 0. The fourth-order valence-corrected chi connectivity index (χ4v) is 2.97. The van der Waals surface area contributed by atoms with Gasteiger partial charge in [-0.3, -0.25) is 14.4 Å². The molecule has 1 aliphatic heterocycles. The Labute approximate surface area is 141 Å². The van der Waals surface area contributed by atoms with Crippen LogP contribution < -0.4 is 5.56 Å². The molecule has 0 saturated heterocycles. The largest absolute Gasteiger partial charge is 0.276 e. The van der Waals surface area contributed by atoms with Gasteiger partial charge in [-0.15, -0.1) is 5.10 Å². The molecule has 118 valence electrons. The molecule has 2 heterocycles. The van der Waals surface area contributed by atoms with E-state index < -0.39 is 5.82 Å². The van der Waals surface area contributed by atoms with Crippen molar-refractivity contribution in [3.05, 3.63) is 86.8 Å². The van der Waals surface area contributed by atoms with Crippen molar-refractivity contribution in [2.24, 2.45) is 4.99 Å². The van der Waals surface area contributed by atoms with E-state index in [1.54, 1.807) is 12.1 Å². The first-order valence-corrected chi connectivity index (χ1v) is 7.56. The van der Waals surface area contributed by atoms with Crippen LogP contribution in [-0.2, 0) is 6.54 Å². The molecule has 0 spiro atoms. The highest BCUT2D eigenvalue weighted by molar-refractivity contribution is 6.35. The predicted octanol–water partition coefficient (Wildman–Crippen LogP) is 2.77. The molecule has 0 N–H and O–H groups in total. The van der Waals surface area contributed by atoms with Gasteiger partial charge in [0.25, 0.3) is 5.56 Å². The van der Waals surface area contributed by atoms with Crippen LogP contribution in [0.4, 0.5) is 4.39 Å². The fraction of sp³-hybridized carbons (Fsp3) is 0.0588. The van der Waals surface area contributed by atoms with Gasteiger partial charge in [0.2, 0.25) is 0 Å². The van der Waals surface area contributed by atoms with Gasteiger partial charge in [0.15, 0.2) is 5.82 Å². The van der Waals surface area contributed by atoms with Crippen molar-refractivity contribution in [2.45, 2.75) is 6.54 Å². The summed E-state index contributed by atoms with van der Waals surface area (Å²) in [6, 6.07) is 11.5. The molecule has 5 nitrogen and oxygen atoms in total. The third-order valence-electron chi connectivity index (χ3n) is 3.78. The van der Waals surface area contributed by atoms with Crippen molar-refractivity contribution in [1.29, 1.82) is 0 Å². The molecule has 0 amide bonds. The van der Waals surface area contributed by atoms with Crippen molar-refractivity contribution >= 4 is 17.3 Å². The molecule has 24 heavy (non-hydrogen) atoms. The molecule has 0 aliphatic carbocycles. The maximum atomic E-state index is 13.8. The molecule has 0 atom stereocenters. The average molecular weight is 341 g/mol. The lowest BCUT2D eigenvalue weighted by Gasteiger charge is -2.13. The summed E-state index contributed by atoms with van der Waals surface area (Å²) in [5.41, 5.74) is 1.89. The van der Waals surface area contributed by atoms with Gasteiger partial charge in [-0.2, -0.15) is 5.10 Å². The van der Waals surface area contributed by atoms with Crippen LogP contribution >= 0.6 is 11.6 Å². The first kappa shape index (κ1) is 14.7. The molecule has 1 aromatic heterocycles. The molecule has 0 unspecified atom stereocenters. The zero-order valence-corrected chi connectivity index (χ0v) is 13.0. The minimum atomic E-state index is -0.455. The second kappa shape index (κ2) is 5.65. The number of hydrogen-bond acceptors (Lipinski definition) is 4. The van der Waals surface area contributed by atoms with Gasteiger partial charge in [0.1, 0.15) is 18.6 Å². The van der Waals surface area contributed by atoms with Crippen LogP contribution in [0.25, 0.3) is 5.69 Å². The van der Waals surface area contributed by atoms with Gasteiger partial charge < -0.3 is 0 Å². The van der Waals surface area contributed by atoms with Crippen molar-refractivity contribution in [2.75, 3.05) is 0 Å². The summed E-state index contributed by atoms with van der Waals surface area (Å²) in [6.45, 7) is 0.139. The number of nitrogens with zero attached hydrogens (tertiary/aromatic N) is 4. The highest BCUT2D eigenvalue weighted by atomic mass is 35.5. The first-order valence-electron chi connectivity index (χ1n) is 7.18. The highest BCUT2D eigenvalue weighted by Crippen LogP contribution is 2.27. The van der Waals surface area contributed by atoms with Crippen molar-refractivity contribution in [3.63, 3.8) is 0 Å². The zero-order chi connectivity index (χ0) is 16.7. The Morgan fingerprint density at radius 3 is 2.79 bits per heavy atom. The van der Waals surface area contributed by atoms with Crippen LogP contribution in [0.2, 0.25) is 5.02 Å². The third kappa shape index (κ3) is 2.32. The van der Waals surface area contributed by atoms with E-state index in [1.165, 1.54) is 16.7 Å². The zero-order valence-electron chi connectivity index (χ0n) is 12.3. The second-order valence-electron chi connectivity index (χ2n) is 5.24. The van der Waals surface area contributed by atoms with Crippen molar-refractivity contribution in [1.82, 2.24) is 14.8 Å². The molecular formula is C17H10ClFN4O. The lowest BCUT2D eigenvalue weighted by atomic mass is 10.0. The summed E-state index contributed by atoms with van der Waals surface area (Å²) in [6.07, 6.45) is 1.10. The number of aromatic nitrogens is 3. The van der Waals surface area contributed by atoms with Gasteiger partial charge in [0.05, 0.1) is 11.4 Å². The second-order valence-corrected chi connectivity index (χ2v) is 5.65. The van der Waals surface area contributed by atoms with E-state index in [4.69, 9.17) is 11.6 Å². The van der Waals surface area contributed by atoms with Crippen LogP contribution in [0.15, 0.2) is 58.4 Å². The molecule has 2 aromatic carbocycles. The maximum absolute atomic E-state index is 13.8. The molecule has 1 aliphatic rings. The Kier molecular flexibility index (Phi) is 3.46. The molecule has 3 aromatic rings. The highest BCUT2D eigenvalue weighted by Gasteiger charge is 2.22. The summed E-state index contributed by atoms with van der Waals surface area (Å²) < 4.78 is 15.2. The molecule has 0 fully saturated rings. The van der Waals surface area contributed by atoms with E-state index in [-0.39, 0.29) is 12.1 Å². The van der Waals surface area contributed by atoms with E-state index >= 15 is 0 Å². The van der Waals surface area contributed by atoms with Crippen LogP contribution in [0, 0.1) is 5.82 Å². The number of fused-ring (bicyclic) bond motifs is 3. The van der Waals surface area contributed by atoms with E-state index in [2.05, 4.69) is 15.2 Å². The Bertz CT molecular complexity index is 1040. The molecule has 0 radical (unpaired) electrons. The third-order valence-corrected chi connectivity index (χ3v) is 4.11. The number of aliphatic imine (C=N–C) groups is 1. The van der Waals surface area contributed by atoms with E-state index in [0.717, 1.165) is 6.20 Å². The van der Waals surface area contributed by atoms with Crippen LogP contribution in [0.5, 0.6) is 0 Å². The first-order chi connectivity index (χ1) is 11.6. The quantitative estimate of drug-likeness (QED) is 0.684. The lowest BCUT2D eigenvalue weighted by Crippen LogP contribution is -2.24. The van der Waals surface area contributed by atoms with Crippen molar-refractivity contribution < 1.29 is 4.39 Å². The van der Waals surface area contributed by atoms with E-state index in [0.29, 0.717) is 33.4 Å². The SMILES string of the molecule is O=c1cnnc2n1-c1cc(F)ccc1C(c1ccccc1Cl)=NC2. The average Bonchev–Trinajstić information content (AvgIpc) is 2.73. The Hall–Kier alpha value is -2.86. The Morgan fingerprint density at radius 2 is 1.96 bits per heavy atom. The lowest BCUT2D eigenvalue weighted by molar-refractivity contribution is 0.625. The smallest absolute Gasteiger partial charge is 0.276 e. The fourth-order valence-electron chi connectivity index (χ4n) is 2.74. The predicted molar refractivity (Wildman–Crippen MR) is 88.4 cm³/mol. The van der Waals surface area contributed by atoms with Gasteiger partial charge >= 0.3 is 0 Å². The van der Waals surface area contributed by atoms with Gasteiger partial charge in [-0.05, 0) is 24.3 Å². The number of benzene rings is 2. The topological polar surface area (TPSA) is 60.1 Å². The van der Waals surface area contributed by atoms with Crippen LogP contribution in [0.3, 0.4) is 0 Å². The van der Waals surface area contributed by atoms with E-state index in [1.807, 2.05) is 18.2 Å². The number of halogens is 2. The van der Waals surface area contributed by atoms with Crippen LogP contribution in [-0.4, -0.2) is 20.5 Å². The standard InChI is InChI=1S/C17H10ClFN4O/c18-13-4-2-1-3-11(13)17-12-6-5-10(19)7-14(12)23-15(8-20-17)22-21-9-16(23)24/h1-7,9H,8H2. The minimum Gasteiger partial charge on any atom is -0.276 e. The van der Waals surface area contributed by atoms with Gasteiger partial charge in [-0.25, -0.2) is 4.39 Å². The van der Waals surface area contributed by atoms with Crippen molar-refractivity contribution in [3.8, 4) is 5.69 Å². The summed E-state index contributed by atoms with van der Waals surface area (Å²) in [4.78, 5) is 16.8. The monoisotopic (exact) mass is 340 g/mol. The van der Waals surface area contributed by atoms with Gasteiger partial charge in [0, 0.05) is 16.1 Å². The molecule has 0 bridgehead atoms. The summed E-state index contributed by atoms with van der Waals surface area (Å²) in [5.74, 6) is -0.111. The molecule has 4 rings (SSSR count). The molecule has 0 saturated carbocycles. The Morgan fingerprint density at radius 1 is 1.12 bits per heavy atom. The Balaban J connectivity index is 2.06. The minimum absolute atomic E-state index is 0.139. The van der Waals surface area contributed by atoms with Gasteiger partial charge in [-0.1, -0.05) is 29.8 Å². The normalized spacial score (nSPS) is 12.8. The molecule has 7 heteroatoms. The maximum Gasteiger partial charge on any atom is 0.276 e. The summed E-state index contributed by atoms with van der Waals surface area (Å²) in [5, 5.41) is 8.17. The number of rotatable bonds is 1. The van der Waals surface area contributed by atoms with Crippen LogP contribution in [0.1, 0.15) is 17.0 Å². The molecular weight excluding hydrogens is 331 g/mol. The summed E-state index contributed by atoms with van der Waals surface area (Å²) >= 11 is 6.30.